The van der Waals surface area contributed by atoms with Crippen molar-refractivity contribution in [2.45, 2.75) is 12.1 Å². The molecule has 0 aromatic carbocycles. The molecule has 0 fully saturated rings. The van der Waals surface area contributed by atoms with E-state index in [9.17, 15) is 30.7 Å². The molecular weight excluding hydrogens is 287 g/mol. The summed E-state index contributed by atoms with van der Waals surface area (Å²) in [7, 11) is 0. The summed E-state index contributed by atoms with van der Waals surface area (Å²) in [5, 5.41) is 0. The van der Waals surface area contributed by atoms with Gasteiger partial charge in [-0.2, -0.15) is 26.9 Å². The van der Waals surface area contributed by atoms with Gasteiger partial charge in [-0.3, -0.25) is 0 Å². The molecule has 1 heterocycles. The fraction of sp³-hybridized carbons (Fsp3) is 0.375. The van der Waals surface area contributed by atoms with Gasteiger partial charge < -0.3 is 10.2 Å². The van der Waals surface area contributed by atoms with Crippen LogP contribution in [0.3, 0.4) is 0 Å². The van der Waals surface area contributed by atoms with Crippen LogP contribution in [0.15, 0.2) is 6.07 Å². The summed E-state index contributed by atoms with van der Waals surface area (Å²) in [4.78, 5) is 2.97. The first-order valence-corrected chi connectivity index (χ1v) is 4.48. The summed E-state index contributed by atoms with van der Waals surface area (Å²) in [5.74, 6) is -5.27. The van der Waals surface area contributed by atoms with Crippen LogP contribution in [0.4, 0.5) is 36.6 Å². The number of hydrogen-bond acceptors (Lipinski definition) is 4. The van der Waals surface area contributed by atoms with Crippen molar-refractivity contribution < 1.29 is 35.5 Å². The molecule has 4 nitrogen and oxygen atoms in total. The van der Waals surface area contributed by atoms with E-state index >= 15 is 0 Å². The minimum atomic E-state index is -5.86. The van der Waals surface area contributed by atoms with Crippen molar-refractivity contribution in [2.24, 2.45) is 5.84 Å². The van der Waals surface area contributed by atoms with Gasteiger partial charge in [0.25, 0.3) is 5.88 Å². The first-order chi connectivity index (χ1) is 8.58. The van der Waals surface area contributed by atoms with Gasteiger partial charge in [0.2, 0.25) is 0 Å². The molecule has 0 aliphatic rings. The zero-order chi connectivity index (χ0) is 14.8. The molecular formula is C8H6F7N3O. The second-order valence-corrected chi connectivity index (χ2v) is 3.24. The number of nitrogens with two attached hydrogens (primary N) is 1. The average molecular weight is 293 g/mol. The van der Waals surface area contributed by atoms with E-state index in [4.69, 9.17) is 5.84 Å². The Hall–Kier alpha value is -1.78. The number of nitrogens with zero attached hydrogens (tertiary/aromatic N) is 1. The van der Waals surface area contributed by atoms with Crippen molar-refractivity contribution in [2.75, 3.05) is 12.0 Å². The summed E-state index contributed by atoms with van der Waals surface area (Å²) >= 11 is 0. The molecule has 0 saturated carbocycles. The molecule has 0 saturated heterocycles. The molecule has 1 aromatic heterocycles. The second-order valence-electron chi connectivity index (χ2n) is 3.24. The smallest absolute Gasteiger partial charge is 0.456 e. The molecule has 0 radical (unpaired) electrons. The van der Waals surface area contributed by atoms with Crippen LogP contribution in [0.2, 0.25) is 0 Å². The molecule has 1 rings (SSSR count). The quantitative estimate of drug-likeness (QED) is 0.508. The molecule has 0 atom stereocenters. The number of ether oxygens (including phenoxy) is 1. The van der Waals surface area contributed by atoms with Crippen LogP contribution in [0, 0.1) is 11.6 Å². The zero-order valence-corrected chi connectivity index (χ0v) is 8.86. The van der Waals surface area contributed by atoms with E-state index in [1.165, 1.54) is 0 Å². The summed E-state index contributed by atoms with van der Waals surface area (Å²) in [6.45, 7) is -2.20. The van der Waals surface area contributed by atoms with E-state index in [-0.39, 0.29) is 6.07 Å². The van der Waals surface area contributed by atoms with Gasteiger partial charge in [-0.25, -0.2) is 14.6 Å². The number of anilines is 1. The predicted molar refractivity (Wildman–Crippen MR) is 48.5 cm³/mol. The van der Waals surface area contributed by atoms with Gasteiger partial charge in [0, 0.05) is 6.07 Å². The highest BCUT2D eigenvalue weighted by molar-refractivity contribution is 5.38. The number of alkyl halides is 5. The Balaban J connectivity index is 2.90. The molecule has 0 bridgehead atoms. The van der Waals surface area contributed by atoms with Gasteiger partial charge in [-0.15, -0.1) is 0 Å². The Morgan fingerprint density at radius 2 is 1.74 bits per heavy atom. The lowest BCUT2D eigenvalue weighted by Crippen LogP contribution is -2.42. The van der Waals surface area contributed by atoms with E-state index in [0.717, 1.165) is 0 Å². The highest BCUT2D eigenvalue weighted by Crippen LogP contribution is 2.35. The van der Waals surface area contributed by atoms with Gasteiger partial charge in [-0.05, 0) is 0 Å². The van der Waals surface area contributed by atoms with Gasteiger partial charge in [-0.1, -0.05) is 0 Å². The van der Waals surface area contributed by atoms with Crippen LogP contribution in [0.5, 0.6) is 5.88 Å². The average Bonchev–Trinajstić information content (AvgIpc) is 2.26. The minimum absolute atomic E-state index is 0.170. The van der Waals surface area contributed by atoms with Crippen molar-refractivity contribution in [3.8, 4) is 5.88 Å². The van der Waals surface area contributed by atoms with Gasteiger partial charge in [0.05, 0.1) is 0 Å². The fourth-order valence-corrected chi connectivity index (χ4v) is 0.893. The third kappa shape index (κ3) is 3.36. The number of nitrogens with one attached hydrogen (secondary N) is 1. The van der Waals surface area contributed by atoms with Crippen molar-refractivity contribution in [1.82, 2.24) is 4.98 Å². The molecule has 11 heteroatoms. The van der Waals surface area contributed by atoms with Crippen molar-refractivity contribution >= 4 is 5.82 Å². The zero-order valence-electron chi connectivity index (χ0n) is 8.86. The van der Waals surface area contributed by atoms with Crippen molar-refractivity contribution in [1.29, 1.82) is 0 Å². The van der Waals surface area contributed by atoms with Crippen LogP contribution in [-0.4, -0.2) is 23.7 Å². The third-order valence-electron chi connectivity index (χ3n) is 1.84. The second kappa shape index (κ2) is 5.07. The van der Waals surface area contributed by atoms with Crippen molar-refractivity contribution in [3.63, 3.8) is 0 Å². The SMILES string of the molecule is NNc1nc(OCC(F)(F)C(F)(F)F)c(F)cc1F. The Morgan fingerprint density at radius 1 is 1.16 bits per heavy atom. The monoisotopic (exact) mass is 293 g/mol. The Bertz CT molecular complexity index is 462. The number of rotatable bonds is 4. The maximum Gasteiger partial charge on any atom is 0.456 e. The van der Waals surface area contributed by atoms with E-state index in [2.05, 4.69) is 9.72 Å². The van der Waals surface area contributed by atoms with E-state index in [1.807, 2.05) is 0 Å². The highest BCUT2D eigenvalue weighted by atomic mass is 19.4. The maximum absolute atomic E-state index is 13.0. The molecule has 3 N–H and O–H groups in total. The number of aromatic nitrogens is 1. The molecule has 0 spiro atoms. The largest absolute Gasteiger partial charge is 0.469 e. The summed E-state index contributed by atoms with van der Waals surface area (Å²) < 4.78 is 90.2. The molecule has 1 aromatic rings. The number of hydrogen-bond donors (Lipinski definition) is 2. The first-order valence-electron chi connectivity index (χ1n) is 4.48. The van der Waals surface area contributed by atoms with Crippen LogP contribution in [0.25, 0.3) is 0 Å². The molecule has 19 heavy (non-hydrogen) atoms. The lowest BCUT2D eigenvalue weighted by Gasteiger charge is -2.19. The highest BCUT2D eigenvalue weighted by Gasteiger charge is 2.58. The predicted octanol–water partition coefficient (Wildman–Crippen LogP) is 2.22. The Labute approximate surface area is 101 Å². The van der Waals surface area contributed by atoms with Crippen LogP contribution >= 0.6 is 0 Å². The van der Waals surface area contributed by atoms with Gasteiger partial charge >= 0.3 is 12.1 Å². The lowest BCUT2D eigenvalue weighted by molar-refractivity contribution is -0.290. The summed E-state index contributed by atoms with van der Waals surface area (Å²) in [6, 6.07) is 0.170. The normalized spacial score (nSPS) is 12.4. The molecule has 0 aliphatic carbocycles. The maximum atomic E-state index is 13.0. The van der Waals surface area contributed by atoms with Crippen LogP contribution < -0.4 is 16.0 Å². The van der Waals surface area contributed by atoms with E-state index in [1.54, 1.807) is 5.43 Å². The molecule has 0 amide bonds. The minimum Gasteiger partial charge on any atom is -0.469 e. The Kier molecular flexibility index (Phi) is 4.08. The third-order valence-corrected chi connectivity index (χ3v) is 1.84. The van der Waals surface area contributed by atoms with Gasteiger partial charge in [0.1, 0.15) is 0 Å². The topological polar surface area (TPSA) is 60.2 Å². The van der Waals surface area contributed by atoms with Crippen LogP contribution in [-0.2, 0) is 0 Å². The van der Waals surface area contributed by atoms with E-state index < -0.39 is 42.0 Å². The summed E-state index contributed by atoms with van der Waals surface area (Å²) in [5.41, 5.74) is 1.65. The molecule has 108 valence electrons. The molecule has 0 unspecified atom stereocenters. The number of pyridine rings is 1. The van der Waals surface area contributed by atoms with E-state index in [0.29, 0.717) is 0 Å². The summed E-state index contributed by atoms with van der Waals surface area (Å²) in [6.07, 6.45) is -5.86. The standard InChI is InChI=1S/C8H6F7N3O/c9-3-1-4(10)6(17-5(3)18-16)19-2-7(11,12)8(13,14)15/h1H,2,16H2,(H,17,18). The van der Waals surface area contributed by atoms with Crippen molar-refractivity contribution in [3.05, 3.63) is 17.7 Å². The molecule has 0 aliphatic heterocycles. The lowest BCUT2D eigenvalue weighted by atomic mass is 10.3. The Morgan fingerprint density at radius 3 is 2.21 bits per heavy atom. The number of nitrogen functional groups attached to an aromatic ring is 1. The van der Waals surface area contributed by atoms with Crippen LogP contribution in [0.1, 0.15) is 0 Å². The fourth-order valence-electron chi connectivity index (χ4n) is 0.893. The van der Waals surface area contributed by atoms with Gasteiger partial charge in [0.15, 0.2) is 24.1 Å². The number of halogens is 7. The number of hydrazine groups is 1. The first kappa shape index (κ1) is 15.3.